The van der Waals surface area contributed by atoms with Crippen LogP contribution >= 0.6 is 7.81 Å². The van der Waals surface area contributed by atoms with Gasteiger partial charge >= 0.3 is 53.1 Å². The van der Waals surface area contributed by atoms with E-state index in [2.05, 4.69) is 111 Å². The summed E-state index contributed by atoms with van der Waals surface area (Å²) in [4.78, 5) is 8.97. The molecule has 0 unspecified atom stereocenters. The number of hydrogen-bond acceptors (Lipinski definition) is 2. The minimum Gasteiger partial charge on any atom is -0.679 e. The van der Waals surface area contributed by atoms with E-state index in [4.69, 9.17) is 0 Å². The zero-order valence-corrected chi connectivity index (χ0v) is 33.0. The summed E-state index contributed by atoms with van der Waals surface area (Å²) in [7, 11) is -10.7. The number of allylic oxidation sites excluding steroid dienone is 4. The molecule has 0 aliphatic carbocycles. The molecular weight excluding hydrogens is 874 g/mol. The summed E-state index contributed by atoms with van der Waals surface area (Å²) in [5, 5.41) is 8.50. The fraction of sp³-hybridized carbons (Fsp3) is 0.200. The van der Waals surface area contributed by atoms with Crippen LogP contribution in [0.15, 0.2) is 134 Å². The standard InChI is InChI=1S/C18H24N2.2C11H9N.F6P.Ir/c1-17(2,3)13-7-9-19-15(11-13)16-12-14(8-10-20-16)18(4,5)6;2*1-2-6-10(7-3-1)11-8-4-5-9-12-11;1-7(2,3,4,5)6;/h7-12H,1-6H3;2*1-9H;;/q;3*-1;+3. The zero-order valence-electron chi connectivity index (χ0n) is 29.7. The average molecular weight is 916 g/mol. The Kier molecular flexibility index (Phi) is 15.0. The van der Waals surface area contributed by atoms with Crippen molar-refractivity contribution >= 4 is 19.2 Å². The van der Waals surface area contributed by atoms with E-state index in [1.54, 1.807) is 0 Å². The molecular formula is C40H42F6IrN4P. The normalized spacial score (nSPS) is 14.9. The number of nitrogens with zero attached hydrogens (tertiary/aromatic N) is 4. The monoisotopic (exact) mass is 916 g/mol. The molecule has 2 aromatic carbocycles. The van der Waals surface area contributed by atoms with Crippen LogP contribution in [0.4, 0.5) is 25.2 Å². The van der Waals surface area contributed by atoms with E-state index >= 15 is 0 Å². The van der Waals surface area contributed by atoms with Crippen LogP contribution in [0.1, 0.15) is 63.8 Å². The first-order valence-electron chi connectivity index (χ1n) is 16.0. The third-order valence-corrected chi connectivity index (χ3v) is 6.98. The molecule has 52 heavy (non-hydrogen) atoms. The van der Waals surface area contributed by atoms with E-state index < -0.39 is 7.81 Å². The first kappa shape index (κ1) is 44.1. The summed E-state index contributed by atoms with van der Waals surface area (Å²) >= 11 is 0. The van der Waals surface area contributed by atoms with Crippen molar-refractivity contribution in [2.75, 3.05) is 0 Å². The molecule has 0 bridgehead atoms. The van der Waals surface area contributed by atoms with Gasteiger partial charge in [0.05, 0.1) is 11.4 Å². The van der Waals surface area contributed by atoms with Crippen LogP contribution in [0.5, 0.6) is 0 Å². The number of pyridine rings is 2. The maximum atomic E-state index is 9.87. The minimum absolute atomic E-state index is 0. The van der Waals surface area contributed by atoms with Gasteiger partial charge in [0.15, 0.2) is 0 Å². The Morgan fingerprint density at radius 3 is 1.10 bits per heavy atom. The molecule has 0 fully saturated rings. The van der Waals surface area contributed by atoms with E-state index in [-0.39, 0.29) is 30.9 Å². The van der Waals surface area contributed by atoms with Gasteiger partial charge in [0, 0.05) is 12.4 Å². The van der Waals surface area contributed by atoms with Crippen LogP contribution in [0.3, 0.4) is 0 Å². The Balaban J connectivity index is 0.000000254. The fourth-order valence-corrected chi connectivity index (χ4v) is 4.36. The van der Waals surface area contributed by atoms with Crippen LogP contribution < -0.4 is 0 Å². The summed E-state index contributed by atoms with van der Waals surface area (Å²) in [5.41, 5.74) is 9.09. The predicted octanol–water partition coefficient (Wildman–Crippen LogP) is 14.4. The van der Waals surface area contributed by atoms with Crippen molar-refractivity contribution in [3.8, 4) is 11.4 Å². The van der Waals surface area contributed by atoms with Crippen LogP contribution in [-0.4, -0.2) is 9.97 Å². The van der Waals surface area contributed by atoms with Gasteiger partial charge in [0.1, 0.15) is 0 Å². The molecule has 4 nitrogen and oxygen atoms in total. The van der Waals surface area contributed by atoms with E-state index in [9.17, 15) is 25.2 Å². The molecule has 2 aromatic heterocycles. The van der Waals surface area contributed by atoms with E-state index in [0.717, 1.165) is 33.9 Å². The quantitative estimate of drug-likeness (QED) is 0.152. The van der Waals surface area contributed by atoms with Crippen molar-refractivity contribution in [2.24, 2.45) is 0 Å². The van der Waals surface area contributed by atoms with Gasteiger partial charge in [-0.3, -0.25) is 9.97 Å². The summed E-state index contributed by atoms with van der Waals surface area (Å²) in [6.45, 7) is 16.9. The number of aromatic nitrogens is 2. The molecule has 0 N–H and O–H groups in total. The molecule has 0 saturated carbocycles. The predicted molar refractivity (Wildman–Crippen MR) is 201 cm³/mol. The molecule has 278 valence electrons. The van der Waals surface area contributed by atoms with Gasteiger partial charge in [-0.05, 0) is 57.3 Å². The SMILES string of the molecule is CC(C)(C)c1ccnc(-c2cc(C(C)(C)C)ccn2)c1.F[P-](F)(F)(F)(F)F.[CH]1C=CC=C(c2ccccc2)[N-]1.[CH]1C=CC=C(c2ccccc2)[N-]1.[Ir+3]. The van der Waals surface area contributed by atoms with Crippen molar-refractivity contribution < 1.29 is 45.3 Å². The van der Waals surface area contributed by atoms with Crippen molar-refractivity contribution in [1.82, 2.24) is 9.97 Å². The number of hydrogen-bond donors (Lipinski definition) is 0. The molecule has 0 saturated heterocycles. The van der Waals surface area contributed by atoms with Gasteiger partial charge in [-0.2, -0.15) is 0 Å². The second-order valence-corrected chi connectivity index (χ2v) is 15.4. The second-order valence-electron chi connectivity index (χ2n) is 13.5. The van der Waals surface area contributed by atoms with Gasteiger partial charge in [0.2, 0.25) is 0 Å². The molecule has 12 heteroatoms. The van der Waals surface area contributed by atoms with Crippen LogP contribution in [-0.2, 0) is 30.9 Å². The maximum absolute atomic E-state index is 10.7. The Morgan fingerprint density at radius 2 is 0.827 bits per heavy atom. The molecule has 0 atom stereocenters. The van der Waals surface area contributed by atoms with Crippen LogP contribution in [0.25, 0.3) is 33.4 Å². The minimum atomic E-state index is -10.7. The van der Waals surface area contributed by atoms with E-state index in [1.807, 2.05) is 98.3 Å². The van der Waals surface area contributed by atoms with Gasteiger partial charge in [0.25, 0.3) is 0 Å². The van der Waals surface area contributed by atoms with E-state index in [1.165, 1.54) is 11.1 Å². The van der Waals surface area contributed by atoms with Crippen molar-refractivity contribution in [3.05, 3.63) is 180 Å². The fourth-order valence-electron chi connectivity index (χ4n) is 4.36. The molecule has 2 aliphatic rings. The molecule has 0 amide bonds. The Morgan fingerprint density at radius 1 is 0.500 bits per heavy atom. The molecule has 6 rings (SSSR count). The smallest absolute Gasteiger partial charge is 0.679 e. The Hall–Kier alpha value is -4.04. The first-order chi connectivity index (χ1) is 23.6. The Bertz CT molecular complexity index is 1710. The topological polar surface area (TPSA) is 54.0 Å². The van der Waals surface area contributed by atoms with Crippen molar-refractivity contribution in [3.63, 3.8) is 0 Å². The summed E-state index contributed by atoms with van der Waals surface area (Å²) in [6, 6.07) is 28.8. The van der Waals surface area contributed by atoms with E-state index in [0.29, 0.717) is 0 Å². The second kappa shape index (κ2) is 17.7. The Labute approximate surface area is 316 Å². The van der Waals surface area contributed by atoms with Gasteiger partial charge in [-0.1, -0.05) is 127 Å². The van der Waals surface area contributed by atoms with Crippen LogP contribution in [0.2, 0.25) is 0 Å². The zero-order chi connectivity index (χ0) is 37.8. The first-order valence-corrected chi connectivity index (χ1v) is 18.0. The van der Waals surface area contributed by atoms with Crippen LogP contribution in [0, 0.1) is 13.1 Å². The molecule has 4 aromatic rings. The molecule has 2 radical (unpaired) electrons. The third-order valence-electron chi connectivity index (χ3n) is 6.98. The van der Waals surface area contributed by atoms with Gasteiger partial charge in [-0.25, -0.2) is 0 Å². The molecule has 4 heterocycles. The summed E-state index contributed by atoms with van der Waals surface area (Å²) < 4.78 is 59.2. The molecule has 0 spiro atoms. The van der Waals surface area contributed by atoms with Crippen molar-refractivity contribution in [1.29, 1.82) is 0 Å². The maximum Gasteiger partial charge on any atom is 3.00 e. The average Bonchev–Trinajstić information content (AvgIpc) is 3.08. The van der Waals surface area contributed by atoms with Crippen molar-refractivity contribution in [2.45, 2.75) is 52.4 Å². The number of benzene rings is 2. The third kappa shape index (κ3) is 17.9. The summed E-state index contributed by atoms with van der Waals surface area (Å²) in [5.74, 6) is 0. The van der Waals surface area contributed by atoms with Gasteiger partial charge in [-0.15, -0.1) is 36.6 Å². The number of halogens is 6. The van der Waals surface area contributed by atoms with Gasteiger partial charge < -0.3 is 10.6 Å². The largest absolute Gasteiger partial charge is 3.00 e. The number of rotatable bonds is 3. The molecule has 2 aliphatic heterocycles. The summed E-state index contributed by atoms with van der Waals surface area (Å²) in [6.07, 6.45) is 15.6.